The molecular weight excluding hydrogens is 846 g/mol. The quantitative estimate of drug-likeness (QED) is 0.0195. The fraction of sp³-hybridized carbons (Fsp3) is 0.786. The van der Waals surface area contributed by atoms with Crippen molar-refractivity contribution < 1.29 is 42.1 Å². The molecule has 10 heteroatoms. The van der Waals surface area contributed by atoms with Gasteiger partial charge >= 0.3 is 11.9 Å². The Hall–Kier alpha value is -2.29. The van der Waals surface area contributed by atoms with Gasteiger partial charge in [-0.05, 0) is 57.8 Å². The van der Waals surface area contributed by atoms with Crippen LogP contribution >= 0.6 is 7.82 Å². The zero-order chi connectivity index (χ0) is 48.5. The van der Waals surface area contributed by atoms with Gasteiger partial charge in [0.1, 0.15) is 19.8 Å². The van der Waals surface area contributed by atoms with Crippen LogP contribution in [0.4, 0.5) is 0 Å². The summed E-state index contributed by atoms with van der Waals surface area (Å²) in [6.07, 6.45) is 59.7. The van der Waals surface area contributed by atoms with E-state index in [1.807, 2.05) is 21.1 Å². The normalized spacial score (nSPS) is 13.8. The van der Waals surface area contributed by atoms with Crippen LogP contribution in [0.3, 0.4) is 0 Å². The summed E-state index contributed by atoms with van der Waals surface area (Å²) in [6, 6.07) is 0. The van der Waals surface area contributed by atoms with Crippen molar-refractivity contribution in [2.45, 2.75) is 238 Å². The Labute approximate surface area is 406 Å². The number of esters is 2. The maximum absolute atomic E-state index is 12.8. The fourth-order valence-corrected chi connectivity index (χ4v) is 8.12. The second kappa shape index (κ2) is 47.8. The molecule has 9 nitrogen and oxygen atoms in total. The Morgan fingerprint density at radius 3 is 1.29 bits per heavy atom. The van der Waals surface area contributed by atoms with Gasteiger partial charge in [0.05, 0.1) is 27.7 Å². The second-order valence-corrected chi connectivity index (χ2v) is 20.6. The zero-order valence-electron chi connectivity index (χ0n) is 43.4. The molecule has 0 aliphatic rings. The summed E-state index contributed by atoms with van der Waals surface area (Å²) in [5.41, 5.74) is 0. The monoisotopic (exact) mass is 948 g/mol. The van der Waals surface area contributed by atoms with Crippen LogP contribution in [-0.4, -0.2) is 70.0 Å². The third kappa shape index (κ3) is 51.1. The van der Waals surface area contributed by atoms with Crippen molar-refractivity contribution in [2.75, 3.05) is 47.5 Å². The van der Waals surface area contributed by atoms with E-state index >= 15 is 0 Å². The molecule has 0 spiro atoms. The van der Waals surface area contributed by atoms with Gasteiger partial charge in [-0.2, -0.15) is 0 Å². The molecule has 0 amide bonds. The van der Waals surface area contributed by atoms with Crippen molar-refractivity contribution in [3.05, 3.63) is 60.8 Å². The highest BCUT2D eigenvalue weighted by atomic mass is 31.2. The van der Waals surface area contributed by atoms with Crippen molar-refractivity contribution in [3.8, 4) is 0 Å². The van der Waals surface area contributed by atoms with E-state index in [0.29, 0.717) is 17.4 Å². The van der Waals surface area contributed by atoms with Crippen molar-refractivity contribution in [1.29, 1.82) is 0 Å². The van der Waals surface area contributed by atoms with Crippen LogP contribution in [0, 0.1) is 0 Å². The third-order valence-electron chi connectivity index (χ3n) is 11.6. The van der Waals surface area contributed by atoms with Gasteiger partial charge in [0.15, 0.2) is 6.10 Å². The average molecular weight is 948 g/mol. The lowest BCUT2D eigenvalue weighted by Gasteiger charge is -2.28. The summed E-state index contributed by atoms with van der Waals surface area (Å²) >= 11 is 0. The summed E-state index contributed by atoms with van der Waals surface area (Å²) in [6.45, 7) is 4.13. The molecule has 0 fully saturated rings. The molecule has 0 aromatic carbocycles. The van der Waals surface area contributed by atoms with E-state index in [9.17, 15) is 19.0 Å². The highest BCUT2D eigenvalue weighted by Gasteiger charge is 2.21. The number of phosphoric acid groups is 1. The predicted molar refractivity (Wildman–Crippen MR) is 277 cm³/mol. The number of rotatable bonds is 49. The largest absolute Gasteiger partial charge is 0.756 e. The Kier molecular flexibility index (Phi) is 46.1. The van der Waals surface area contributed by atoms with Gasteiger partial charge in [-0.25, -0.2) is 0 Å². The van der Waals surface area contributed by atoms with Crippen LogP contribution < -0.4 is 4.89 Å². The van der Waals surface area contributed by atoms with Gasteiger partial charge in [-0.3, -0.25) is 14.2 Å². The third-order valence-corrected chi connectivity index (χ3v) is 12.5. The Balaban J connectivity index is 4.12. The number of quaternary nitrogens is 1. The van der Waals surface area contributed by atoms with E-state index in [1.165, 1.54) is 128 Å². The first-order chi connectivity index (χ1) is 32.0. The van der Waals surface area contributed by atoms with Crippen LogP contribution in [0.2, 0.25) is 0 Å². The number of hydrogen-bond acceptors (Lipinski definition) is 8. The lowest BCUT2D eigenvalue weighted by molar-refractivity contribution is -0.870. The minimum Gasteiger partial charge on any atom is -0.756 e. The molecule has 0 heterocycles. The molecule has 0 aromatic rings. The number of unbranched alkanes of at least 4 members (excludes halogenated alkanes) is 25. The number of ether oxygens (including phenoxy) is 2. The molecule has 0 aliphatic carbocycles. The number of allylic oxidation sites excluding steroid dienone is 10. The van der Waals surface area contributed by atoms with Crippen molar-refractivity contribution in [1.82, 2.24) is 0 Å². The Morgan fingerprint density at radius 1 is 0.485 bits per heavy atom. The molecule has 0 bridgehead atoms. The summed E-state index contributed by atoms with van der Waals surface area (Å²) in [7, 11) is 1.17. The van der Waals surface area contributed by atoms with Crippen LogP contribution in [-0.2, 0) is 32.7 Å². The number of nitrogens with zero attached hydrogens (tertiary/aromatic N) is 1. The van der Waals surface area contributed by atoms with E-state index in [1.54, 1.807) is 0 Å². The summed E-state index contributed by atoms with van der Waals surface area (Å²) in [4.78, 5) is 37.7. The van der Waals surface area contributed by atoms with E-state index in [4.69, 9.17) is 18.5 Å². The van der Waals surface area contributed by atoms with Crippen LogP contribution in [0.15, 0.2) is 60.8 Å². The second-order valence-electron chi connectivity index (χ2n) is 19.2. The minimum absolute atomic E-state index is 0.0310. The molecule has 0 saturated carbocycles. The molecule has 0 radical (unpaired) electrons. The first kappa shape index (κ1) is 63.7. The predicted octanol–water partition coefficient (Wildman–Crippen LogP) is 15.7. The summed E-state index contributed by atoms with van der Waals surface area (Å²) in [5, 5.41) is 0. The lowest BCUT2D eigenvalue weighted by atomic mass is 10.0. The van der Waals surface area contributed by atoms with Crippen LogP contribution in [0.1, 0.15) is 232 Å². The van der Waals surface area contributed by atoms with Crippen molar-refractivity contribution in [3.63, 3.8) is 0 Å². The van der Waals surface area contributed by atoms with E-state index in [0.717, 1.165) is 70.6 Å². The fourth-order valence-electron chi connectivity index (χ4n) is 7.39. The van der Waals surface area contributed by atoms with Crippen LogP contribution in [0.5, 0.6) is 0 Å². The van der Waals surface area contributed by atoms with Gasteiger partial charge in [0.2, 0.25) is 0 Å². The molecule has 0 rings (SSSR count). The molecule has 0 aliphatic heterocycles. The maximum atomic E-state index is 12.8. The van der Waals surface area contributed by atoms with Gasteiger partial charge in [-0.15, -0.1) is 0 Å². The number of carbonyl (C=O) groups is 2. The van der Waals surface area contributed by atoms with Crippen molar-refractivity contribution in [2.24, 2.45) is 0 Å². The Bertz CT molecular complexity index is 1300. The van der Waals surface area contributed by atoms with E-state index in [-0.39, 0.29) is 32.0 Å². The van der Waals surface area contributed by atoms with Gasteiger partial charge in [0.25, 0.3) is 7.82 Å². The van der Waals surface area contributed by atoms with Gasteiger partial charge in [-0.1, -0.05) is 222 Å². The first-order valence-electron chi connectivity index (χ1n) is 27.0. The standard InChI is InChI=1S/C56H102NO8P/c1-6-8-10-12-14-16-18-20-21-22-23-24-25-26-27-28-29-30-31-32-33-34-35-37-39-41-43-45-47-49-56(59)65-54(53-64-66(60,61)63-51-50-57(3,4)5)52-62-55(58)48-46-44-42-40-38-36-19-17-15-13-11-9-7-2/h8,10,14,16,20-21,23-24,26-27,54H,6-7,9,11-13,15,17-19,22,25,28-53H2,1-5H3/b10-8-,16-14-,21-20-,24-23-,27-26-. The molecule has 66 heavy (non-hydrogen) atoms. The van der Waals surface area contributed by atoms with Crippen LogP contribution in [0.25, 0.3) is 0 Å². The Morgan fingerprint density at radius 2 is 0.864 bits per heavy atom. The number of likely N-dealkylation sites (N-methyl/N-ethyl adjacent to an activating group) is 1. The summed E-state index contributed by atoms with van der Waals surface area (Å²) in [5.74, 6) is -0.829. The molecule has 0 N–H and O–H groups in total. The molecule has 2 unspecified atom stereocenters. The topological polar surface area (TPSA) is 111 Å². The SMILES string of the molecule is CC/C=C\C/C=C\C/C=C\C/C=C\C/C=C\CCCCCCCCCCCCCCCC(=O)OC(COC(=O)CCCCCCCCCCCCCCC)COP(=O)([O-])OCC[N+](C)(C)C. The van der Waals surface area contributed by atoms with Gasteiger partial charge < -0.3 is 27.9 Å². The smallest absolute Gasteiger partial charge is 0.306 e. The highest BCUT2D eigenvalue weighted by Crippen LogP contribution is 2.38. The maximum Gasteiger partial charge on any atom is 0.306 e. The lowest BCUT2D eigenvalue weighted by Crippen LogP contribution is -2.37. The molecule has 0 aromatic heterocycles. The zero-order valence-corrected chi connectivity index (χ0v) is 44.3. The van der Waals surface area contributed by atoms with Crippen molar-refractivity contribution >= 4 is 19.8 Å². The molecular formula is C56H102NO8P. The number of hydrogen-bond donors (Lipinski definition) is 0. The first-order valence-corrected chi connectivity index (χ1v) is 28.5. The molecule has 0 saturated heterocycles. The van der Waals surface area contributed by atoms with E-state index < -0.39 is 26.5 Å². The average Bonchev–Trinajstić information content (AvgIpc) is 3.27. The molecule has 384 valence electrons. The number of phosphoric ester groups is 1. The highest BCUT2D eigenvalue weighted by molar-refractivity contribution is 7.45. The minimum atomic E-state index is -4.63. The van der Waals surface area contributed by atoms with Gasteiger partial charge in [0, 0.05) is 12.8 Å². The summed E-state index contributed by atoms with van der Waals surface area (Å²) < 4.78 is 34.1. The number of carbonyl (C=O) groups excluding carboxylic acids is 2. The molecule has 2 atom stereocenters. The van der Waals surface area contributed by atoms with E-state index in [2.05, 4.69) is 74.6 Å².